The van der Waals surface area contributed by atoms with Crippen molar-refractivity contribution in [3.63, 3.8) is 0 Å². The zero-order valence-electron chi connectivity index (χ0n) is 11.1. The highest BCUT2D eigenvalue weighted by Crippen LogP contribution is 2.04. The minimum Gasteiger partial charge on any atom is -0.480 e. The van der Waals surface area contributed by atoms with Crippen LogP contribution in [0.4, 0.5) is 0 Å². The highest BCUT2D eigenvalue weighted by molar-refractivity contribution is 8.00. The van der Waals surface area contributed by atoms with E-state index in [1.807, 2.05) is 0 Å². The first-order chi connectivity index (χ1) is 9.90. The van der Waals surface area contributed by atoms with E-state index in [2.05, 4.69) is 10.6 Å². The molecule has 0 saturated heterocycles. The number of hydrogen-bond donors (Lipinski definition) is 3. The van der Waals surface area contributed by atoms with Gasteiger partial charge >= 0.3 is 5.97 Å². The summed E-state index contributed by atoms with van der Waals surface area (Å²) in [6.07, 6.45) is 1.30. The molecule has 0 aliphatic heterocycles. The number of rotatable bonds is 7. The van der Waals surface area contributed by atoms with Gasteiger partial charge in [-0.1, -0.05) is 0 Å². The standard InChI is InChI=1S/C12H14N2O6S/c1-7(15)13-8(12(18)19)5-21-6-10(16)14-11(17)9-3-2-4-20-9/h2-4,8H,5-6H2,1H3,(H,13,15)(H,18,19)(H,14,16,17). The molecule has 0 fully saturated rings. The van der Waals surface area contributed by atoms with E-state index in [0.717, 1.165) is 11.8 Å². The van der Waals surface area contributed by atoms with Crippen LogP contribution in [0.1, 0.15) is 17.5 Å². The van der Waals surface area contributed by atoms with E-state index in [9.17, 15) is 19.2 Å². The molecule has 0 spiro atoms. The number of furan rings is 1. The van der Waals surface area contributed by atoms with Crippen molar-refractivity contribution >= 4 is 35.5 Å². The third kappa shape index (κ3) is 6.13. The SMILES string of the molecule is CC(=O)NC(CSCC(=O)NC(=O)c1ccco1)C(=O)O. The van der Waals surface area contributed by atoms with Crippen LogP contribution in [-0.2, 0) is 14.4 Å². The largest absolute Gasteiger partial charge is 0.480 e. The Balaban J connectivity index is 2.34. The first kappa shape index (κ1) is 16.8. The lowest BCUT2D eigenvalue weighted by Gasteiger charge is -2.12. The Labute approximate surface area is 124 Å². The van der Waals surface area contributed by atoms with Gasteiger partial charge in [0.2, 0.25) is 11.8 Å². The molecule has 0 aliphatic rings. The van der Waals surface area contributed by atoms with Gasteiger partial charge in [0.05, 0.1) is 12.0 Å². The summed E-state index contributed by atoms with van der Waals surface area (Å²) in [6, 6.07) is 1.84. The monoisotopic (exact) mass is 314 g/mol. The number of carboxylic acid groups (broad SMARTS) is 1. The summed E-state index contributed by atoms with van der Waals surface area (Å²) in [5.41, 5.74) is 0. The minimum atomic E-state index is -1.19. The Kier molecular flexibility index (Phi) is 6.47. The Morgan fingerprint density at radius 2 is 2.10 bits per heavy atom. The molecule has 1 aromatic rings. The van der Waals surface area contributed by atoms with Crippen LogP contribution in [0.5, 0.6) is 0 Å². The molecule has 1 heterocycles. The number of amides is 3. The molecule has 1 atom stereocenters. The van der Waals surface area contributed by atoms with Crippen LogP contribution in [0, 0.1) is 0 Å². The van der Waals surface area contributed by atoms with E-state index < -0.39 is 29.7 Å². The van der Waals surface area contributed by atoms with Crippen LogP contribution in [0.2, 0.25) is 0 Å². The summed E-state index contributed by atoms with van der Waals surface area (Å²) >= 11 is 0.989. The van der Waals surface area contributed by atoms with Gasteiger partial charge in [-0.3, -0.25) is 19.7 Å². The van der Waals surface area contributed by atoms with Gasteiger partial charge in [-0.05, 0) is 12.1 Å². The van der Waals surface area contributed by atoms with Gasteiger partial charge in [0.25, 0.3) is 5.91 Å². The highest BCUT2D eigenvalue weighted by Gasteiger charge is 2.19. The van der Waals surface area contributed by atoms with Crippen LogP contribution in [0.3, 0.4) is 0 Å². The number of thioether (sulfide) groups is 1. The lowest BCUT2D eigenvalue weighted by molar-refractivity contribution is -0.140. The van der Waals surface area contributed by atoms with Gasteiger partial charge in [-0.2, -0.15) is 0 Å². The average Bonchev–Trinajstić information content (AvgIpc) is 2.90. The van der Waals surface area contributed by atoms with Crippen molar-refractivity contribution in [3.8, 4) is 0 Å². The lowest BCUT2D eigenvalue weighted by atomic mass is 10.3. The quantitative estimate of drug-likeness (QED) is 0.639. The fraction of sp³-hybridized carbons (Fsp3) is 0.333. The van der Waals surface area contributed by atoms with E-state index >= 15 is 0 Å². The predicted octanol–water partition coefficient (Wildman–Crippen LogP) is -0.142. The van der Waals surface area contributed by atoms with Crippen LogP contribution in [0.25, 0.3) is 0 Å². The molecule has 1 rings (SSSR count). The Hall–Kier alpha value is -2.29. The number of carbonyl (C=O) groups excluding carboxylic acids is 3. The van der Waals surface area contributed by atoms with E-state index in [1.54, 1.807) is 0 Å². The fourth-order valence-electron chi connectivity index (χ4n) is 1.32. The normalized spacial score (nSPS) is 11.5. The second kappa shape index (κ2) is 8.10. The molecule has 0 radical (unpaired) electrons. The fourth-order valence-corrected chi connectivity index (χ4v) is 2.16. The van der Waals surface area contributed by atoms with E-state index in [0.29, 0.717) is 0 Å². The van der Waals surface area contributed by atoms with Gasteiger partial charge in [-0.15, -0.1) is 11.8 Å². The van der Waals surface area contributed by atoms with Gasteiger partial charge in [-0.25, -0.2) is 4.79 Å². The molecular formula is C12H14N2O6S. The second-order valence-electron chi connectivity index (χ2n) is 3.96. The molecule has 3 N–H and O–H groups in total. The van der Waals surface area contributed by atoms with Gasteiger partial charge in [0, 0.05) is 12.7 Å². The van der Waals surface area contributed by atoms with Gasteiger partial charge < -0.3 is 14.8 Å². The molecule has 21 heavy (non-hydrogen) atoms. The maximum Gasteiger partial charge on any atom is 0.327 e. The zero-order valence-corrected chi connectivity index (χ0v) is 11.9. The molecule has 0 aromatic carbocycles. The third-order valence-corrected chi connectivity index (χ3v) is 3.23. The third-order valence-electron chi connectivity index (χ3n) is 2.19. The summed E-state index contributed by atoms with van der Waals surface area (Å²) in [7, 11) is 0. The van der Waals surface area contributed by atoms with Crippen molar-refractivity contribution < 1.29 is 28.7 Å². The summed E-state index contributed by atoms with van der Waals surface area (Å²) in [5.74, 6) is -3.00. The van der Waals surface area contributed by atoms with Crippen LogP contribution >= 0.6 is 11.8 Å². The van der Waals surface area contributed by atoms with Crippen molar-refractivity contribution in [2.75, 3.05) is 11.5 Å². The van der Waals surface area contributed by atoms with Gasteiger partial charge in [0.1, 0.15) is 6.04 Å². The zero-order chi connectivity index (χ0) is 15.8. The number of carboxylic acids is 1. The summed E-state index contributed by atoms with van der Waals surface area (Å²) in [4.78, 5) is 44.6. The lowest BCUT2D eigenvalue weighted by Crippen LogP contribution is -2.42. The predicted molar refractivity (Wildman–Crippen MR) is 73.7 cm³/mol. The maximum absolute atomic E-state index is 11.5. The Bertz CT molecular complexity index is 528. The molecule has 8 nitrogen and oxygen atoms in total. The molecule has 0 bridgehead atoms. The van der Waals surface area contributed by atoms with Crippen LogP contribution < -0.4 is 10.6 Å². The summed E-state index contributed by atoms with van der Waals surface area (Å²) < 4.78 is 4.82. The van der Waals surface area contributed by atoms with E-state index in [-0.39, 0.29) is 17.3 Å². The topological polar surface area (TPSA) is 126 Å². The highest BCUT2D eigenvalue weighted by atomic mass is 32.2. The van der Waals surface area contributed by atoms with Crippen LogP contribution in [0.15, 0.2) is 22.8 Å². The van der Waals surface area contributed by atoms with Crippen LogP contribution in [-0.4, -0.2) is 46.3 Å². The summed E-state index contributed by atoms with van der Waals surface area (Å²) in [5, 5.41) is 13.2. The number of hydrogen-bond acceptors (Lipinski definition) is 6. The number of nitrogens with one attached hydrogen (secondary N) is 2. The smallest absolute Gasteiger partial charge is 0.327 e. The Morgan fingerprint density at radius 3 is 2.62 bits per heavy atom. The molecule has 0 aliphatic carbocycles. The number of carbonyl (C=O) groups is 4. The second-order valence-corrected chi connectivity index (χ2v) is 4.99. The molecule has 0 saturated carbocycles. The molecule has 9 heteroatoms. The van der Waals surface area contributed by atoms with Gasteiger partial charge in [0.15, 0.2) is 5.76 Å². The molecular weight excluding hydrogens is 300 g/mol. The van der Waals surface area contributed by atoms with Crippen molar-refractivity contribution in [1.29, 1.82) is 0 Å². The number of imide groups is 1. The number of aliphatic carboxylic acids is 1. The van der Waals surface area contributed by atoms with E-state index in [1.165, 1.54) is 25.3 Å². The molecule has 1 aromatic heterocycles. The van der Waals surface area contributed by atoms with Crippen molar-refractivity contribution in [2.45, 2.75) is 13.0 Å². The van der Waals surface area contributed by atoms with Crippen molar-refractivity contribution in [1.82, 2.24) is 10.6 Å². The van der Waals surface area contributed by atoms with E-state index in [4.69, 9.17) is 9.52 Å². The average molecular weight is 314 g/mol. The first-order valence-corrected chi connectivity index (χ1v) is 7.01. The molecule has 1 unspecified atom stereocenters. The Morgan fingerprint density at radius 1 is 1.38 bits per heavy atom. The maximum atomic E-state index is 11.5. The minimum absolute atomic E-state index is 0.00927. The first-order valence-electron chi connectivity index (χ1n) is 5.85. The molecule has 3 amide bonds. The van der Waals surface area contributed by atoms with Crippen molar-refractivity contribution in [2.24, 2.45) is 0 Å². The molecule has 114 valence electrons. The summed E-state index contributed by atoms with van der Waals surface area (Å²) in [6.45, 7) is 1.20. The van der Waals surface area contributed by atoms with Crippen molar-refractivity contribution in [3.05, 3.63) is 24.2 Å².